The Balaban J connectivity index is 2.65. The molecular weight excluding hydrogens is 180 g/mol. The summed E-state index contributed by atoms with van der Waals surface area (Å²) < 4.78 is 1.62. The number of aromatic nitrogens is 3. The molecule has 1 atom stereocenters. The maximum absolute atomic E-state index is 9.62. The number of rotatable bonds is 2. The largest absolute Gasteiger partial charge is 0.385 e. The van der Waals surface area contributed by atoms with Crippen LogP contribution in [0.3, 0.4) is 0 Å². The standard InChI is InChI=1S/C9H12N4O/c1-6-7-3-2-4-8(9(14)5-10)13(7)12-11-6/h2-4,9,14H,5,10H2,1H3. The third kappa shape index (κ3) is 1.26. The van der Waals surface area contributed by atoms with Gasteiger partial charge in [-0.15, -0.1) is 5.10 Å². The van der Waals surface area contributed by atoms with Crippen LogP contribution in [-0.2, 0) is 0 Å². The van der Waals surface area contributed by atoms with Crippen molar-refractivity contribution in [3.63, 3.8) is 0 Å². The first-order chi connectivity index (χ1) is 6.74. The molecule has 0 aromatic carbocycles. The van der Waals surface area contributed by atoms with Gasteiger partial charge >= 0.3 is 0 Å². The second kappa shape index (κ2) is 3.36. The van der Waals surface area contributed by atoms with Crippen LogP contribution < -0.4 is 5.73 Å². The number of aliphatic hydroxyl groups excluding tert-OH is 1. The monoisotopic (exact) mass is 192 g/mol. The second-order valence-corrected chi connectivity index (χ2v) is 3.17. The highest BCUT2D eigenvalue weighted by Gasteiger charge is 2.11. The predicted octanol–water partition coefficient (Wildman–Crippen LogP) is 0.0298. The van der Waals surface area contributed by atoms with Crippen LogP contribution in [-0.4, -0.2) is 26.5 Å². The van der Waals surface area contributed by atoms with E-state index in [0.29, 0.717) is 5.69 Å². The summed E-state index contributed by atoms with van der Waals surface area (Å²) in [6.07, 6.45) is -0.695. The molecule has 2 aromatic rings. The third-order valence-corrected chi connectivity index (χ3v) is 2.21. The Hall–Kier alpha value is -1.46. The molecule has 2 aromatic heterocycles. The Morgan fingerprint density at radius 3 is 3.07 bits per heavy atom. The van der Waals surface area contributed by atoms with E-state index in [-0.39, 0.29) is 6.54 Å². The molecule has 14 heavy (non-hydrogen) atoms. The van der Waals surface area contributed by atoms with Crippen molar-refractivity contribution in [1.29, 1.82) is 0 Å². The minimum Gasteiger partial charge on any atom is -0.385 e. The van der Waals surface area contributed by atoms with E-state index in [9.17, 15) is 5.11 Å². The summed E-state index contributed by atoms with van der Waals surface area (Å²) in [5.74, 6) is 0. The highest BCUT2D eigenvalue weighted by Crippen LogP contribution is 2.14. The zero-order valence-corrected chi connectivity index (χ0v) is 7.88. The van der Waals surface area contributed by atoms with E-state index in [2.05, 4.69) is 10.3 Å². The lowest BCUT2D eigenvalue weighted by Gasteiger charge is -2.08. The van der Waals surface area contributed by atoms with Crippen LogP contribution in [0.2, 0.25) is 0 Å². The molecule has 0 bridgehead atoms. The predicted molar refractivity (Wildman–Crippen MR) is 51.7 cm³/mol. The molecule has 0 amide bonds. The Morgan fingerprint density at radius 1 is 1.57 bits per heavy atom. The van der Waals surface area contributed by atoms with Gasteiger partial charge in [0.2, 0.25) is 0 Å². The van der Waals surface area contributed by atoms with Crippen LogP contribution in [0, 0.1) is 6.92 Å². The van der Waals surface area contributed by atoms with Gasteiger partial charge < -0.3 is 10.8 Å². The maximum atomic E-state index is 9.62. The number of hydrogen-bond acceptors (Lipinski definition) is 4. The van der Waals surface area contributed by atoms with Crippen molar-refractivity contribution in [2.24, 2.45) is 5.73 Å². The van der Waals surface area contributed by atoms with E-state index in [1.165, 1.54) is 0 Å². The van der Waals surface area contributed by atoms with Crippen molar-refractivity contribution < 1.29 is 5.11 Å². The van der Waals surface area contributed by atoms with E-state index in [0.717, 1.165) is 11.2 Å². The summed E-state index contributed by atoms with van der Waals surface area (Å²) in [5, 5.41) is 17.5. The van der Waals surface area contributed by atoms with Crippen molar-refractivity contribution in [1.82, 2.24) is 14.8 Å². The lowest BCUT2D eigenvalue weighted by atomic mass is 10.2. The van der Waals surface area contributed by atoms with E-state index < -0.39 is 6.10 Å². The van der Waals surface area contributed by atoms with Crippen molar-refractivity contribution in [3.8, 4) is 0 Å². The van der Waals surface area contributed by atoms with Gasteiger partial charge in [0.25, 0.3) is 0 Å². The Kier molecular flexibility index (Phi) is 2.18. The minimum absolute atomic E-state index is 0.179. The lowest BCUT2D eigenvalue weighted by Crippen LogP contribution is -2.15. The molecule has 74 valence electrons. The average molecular weight is 192 g/mol. The fraction of sp³-hybridized carbons (Fsp3) is 0.333. The van der Waals surface area contributed by atoms with Crippen molar-refractivity contribution in [2.45, 2.75) is 13.0 Å². The molecule has 0 aliphatic heterocycles. The fourth-order valence-corrected chi connectivity index (χ4v) is 1.43. The van der Waals surface area contributed by atoms with Crippen LogP contribution in [0.5, 0.6) is 0 Å². The van der Waals surface area contributed by atoms with Crippen LogP contribution in [0.4, 0.5) is 0 Å². The molecule has 3 N–H and O–H groups in total. The van der Waals surface area contributed by atoms with Crippen molar-refractivity contribution >= 4 is 5.52 Å². The SMILES string of the molecule is Cc1nnn2c(C(O)CN)cccc12. The Morgan fingerprint density at radius 2 is 2.36 bits per heavy atom. The number of fused-ring (bicyclic) bond motifs is 1. The van der Waals surface area contributed by atoms with Gasteiger partial charge in [0, 0.05) is 6.54 Å². The zero-order valence-electron chi connectivity index (χ0n) is 7.88. The van der Waals surface area contributed by atoms with Crippen molar-refractivity contribution in [3.05, 3.63) is 29.6 Å². The number of aryl methyl sites for hydroxylation is 1. The maximum Gasteiger partial charge on any atom is 0.108 e. The van der Waals surface area contributed by atoms with Gasteiger partial charge in [-0.2, -0.15) is 0 Å². The Bertz CT molecular complexity index is 451. The van der Waals surface area contributed by atoms with E-state index in [4.69, 9.17) is 5.73 Å². The highest BCUT2D eigenvalue weighted by atomic mass is 16.3. The first kappa shape index (κ1) is 9.11. The number of nitrogens with zero attached hydrogens (tertiary/aromatic N) is 3. The van der Waals surface area contributed by atoms with E-state index in [1.807, 2.05) is 19.1 Å². The number of hydrogen-bond donors (Lipinski definition) is 2. The molecule has 0 spiro atoms. The minimum atomic E-state index is -0.695. The molecule has 0 saturated carbocycles. The van der Waals surface area contributed by atoms with Crippen molar-refractivity contribution in [2.75, 3.05) is 6.54 Å². The van der Waals surface area contributed by atoms with Crippen LogP contribution in [0.25, 0.3) is 5.52 Å². The first-order valence-corrected chi connectivity index (χ1v) is 4.43. The van der Waals surface area contributed by atoms with Gasteiger partial charge in [0.15, 0.2) is 0 Å². The first-order valence-electron chi connectivity index (χ1n) is 4.43. The fourth-order valence-electron chi connectivity index (χ4n) is 1.43. The summed E-state index contributed by atoms with van der Waals surface area (Å²) in [6.45, 7) is 2.05. The molecule has 5 nitrogen and oxygen atoms in total. The quantitative estimate of drug-likeness (QED) is 0.703. The smallest absolute Gasteiger partial charge is 0.108 e. The molecular formula is C9H12N4O. The Labute approximate surface area is 81.2 Å². The number of pyridine rings is 1. The summed E-state index contributed by atoms with van der Waals surface area (Å²) in [4.78, 5) is 0. The lowest BCUT2D eigenvalue weighted by molar-refractivity contribution is 0.179. The van der Waals surface area contributed by atoms with Gasteiger partial charge in [-0.1, -0.05) is 11.3 Å². The second-order valence-electron chi connectivity index (χ2n) is 3.17. The summed E-state index contributed by atoms with van der Waals surface area (Å²) in [5.41, 5.74) is 7.80. The molecule has 1 unspecified atom stereocenters. The molecule has 0 saturated heterocycles. The number of nitrogens with two attached hydrogens (primary N) is 1. The van der Waals surface area contributed by atoms with Gasteiger partial charge in [0.1, 0.15) is 6.10 Å². The third-order valence-electron chi connectivity index (χ3n) is 2.21. The van der Waals surface area contributed by atoms with Crippen LogP contribution in [0.15, 0.2) is 18.2 Å². The number of aliphatic hydroxyl groups is 1. The summed E-state index contributed by atoms with van der Waals surface area (Å²) in [7, 11) is 0. The highest BCUT2D eigenvalue weighted by molar-refractivity contribution is 5.50. The summed E-state index contributed by atoms with van der Waals surface area (Å²) in [6, 6.07) is 5.56. The topological polar surface area (TPSA) is 76.4 Å². The molecule has 0 aliphatic rings. The van der Waals surface area contributed by atoms with E-state index >= 15 is 0 Å². The zero-order chi connectivity index (χ0) is 10.1. The molecule has 5 heteroatoms. The van der Waals surface area contributed by atoms with Gasteiger partial charge in [0.05, 0.1) is 16.9 Å². The molecule has 2 rings (SSSR count). The molecule has 2 heterocycles. The molecule has 0 aliphatic carbocycles. The summed E-state index contributed by atoms with van der Waals surface area (Å²) >= 11 is 0. The molecule has 0 radical (unpaired) electrons. The molecule has 0 fully saturated rings. The van der Waals surface area contributed by atoms with Crippen LogP contribution in [0.1, 0.15) is 17.5 Å². The van der Waals surface area contributed by atoms with Gasteiger partial charge in [-0.05, 0) is 19.1 Å². The van der Waals surface area contributed by atoms with Gasteiger partial charge in [-0.3, -0.25) is 0 Å². The van der Waals surface area contributed by atoms with Gasteiger partial charge in [-0.25, -0.2) is 4.52 Å². The average Bonchev–Trinajstić information content (AvgIpc) is 2.59. The van der Waals surface area contributed by atoms with E-state index in [1.54, 1.807) is 10.6 Å². The van der Waals surface area contributed by atoms with Crippen LogP contribution >= 0.6 is 0 Å². The normalized spacial score (nSPS) is 13.4.